The van der Waals surface area contributed by atoms with Crippen LogP contribution < -0.4 is 9.47 Å². The standard InChI is InChI=1S/C23H15Cl2NO3/c1-28-22-5-3-2-4-19(22)17(14-26)12-15-6-9-18(10-7-15)29-23(27)16-8-11-20(24)21(25)13-16/h2-13H,1H3/b17-12-. The van der Waals surface area contributed by atoms with Gasteiger partial charge in [-0.2, -0.15) is 5.26 Å². The number of nitriles is 1. The Hall–Kier alpha value is -3.26. The molecule has 0 amide bonds. The van der Waals surface area contributed by atoms with E-state index in [1.807, 2.05) is 18.2 Å². The number of nitrogens with zero attached hydrogens (tertiary/aromatic N) is 1. The van der Waals surface area contributed by atoms with Gasteiger partial charge >= 0.3 is 5.97 Å². The molecule has 0 aliphatic rings. The highest BCUT2D eigenvalue weighted by molar-refractivity contribution is 6.42. The lowest BCUT2D eigenvalue weighted by molar-refractivity contribution is 0.0735. The number of hydrogen-bond acceptors (Lipinski definition) is 4. The summed E-state index contributed by atoms with van der Waals surface area (Å²) in [4.78, 5) is 12.2. The van der Waals surface area contributed by atoms with Crippen molar-refractivity contribution in [1.82, 2.24) is 0 Å². The second-order valence-electron chi connectivity index (χ2n) is 5.96. The van der Waals surface area contributed by atoms with Gasteiger partial charge in [0.25, 0.3) is 0 Å². The van der Waals surface area contributed by atoms with Gasteiger partial charge in [0.05, 0.1) is 34.4 Å². The van der Waals surface area contributed by atoms with Gasteiger partial charge < -0.3 is 9.47 Å². The molecule has 0 bridgehead atoms. The number of carbonyl (C=O) groups is 1. The minimum Gasteiger partial charge on any atom is -0.496 e. The van der Waals surface area contributed by atoms with Crippen LogP contribution in [0, 0.1) is 11.3 Å². The highest BCUT2D eigenvalue weighted by Gasteiger charge is 2.11. The Morgan fingerprint density at radius 3 is 2.38 bits per heavy atom. The van der Waals surface area contributed by atoms with Crippen LogP contribution in [0.4, 0.5) is 0 Å². The Bertz CT molecular complexity index is 1120. The molecule has 3 aromatic carbocycles. The second kappa shape index (κ2) is 9.29. The molecule has 0 radical (unpaired) electrons. The van der Waals surface area contributed by atoms with Crippen molar-refractivity contribution < 1.29 is 14.3 Å². The van der Waals surface area contributed by atoms with E-state index in [1.54, 1.807) is 49.6 Å². The lowest BCUT2D eigenvalue weighted by Gasteiger charge is -2.08. The number of rotatable bonds is 5. The normalized spacial score (nSPS) is 10.9. The molecular formula is C23H15Cl2NO3. The Morgan fingerprint density at radius 2 is 1.72 bits per heavy atom. The average Bonchev–Trinajstić information content (AvgIpc) is 2.75. The molecule has 0 atom stereocenters. The molecule has 3 rings (SSSR count). The molecule has 3 aromatic rings. The highest BCUT2D eigenvalue weighted by atomic mass is 35.5. The van der Waals surface area contributed by atoms with Crippen LogP contribution in [0.2, 0.25) is 10.0 Å². The summed E-state index contributed by atoms with van der Waals surface area (Å²) in [5.74, 6) is 0.445. The third-order valence-corrected chi connectivity index (χ3v) is 4.81. The van der Waals surface area contributed by atoms with Crippen molar-refractivity contribution in [2.24, 2.45) is 0 Å². The summed E-state index contributed by atoms with van der Waals surface area (Å²) < 4.78 is 10.7. The predicted molar refractivity (Wildman–Crippen MR) is 114 cm³/mol. The molecule has 0 saturated carbocycles. The van der Waals surface area contributed by atoms with E-state index in [0.29, 0.717) is 33.2 Å². The number of carbonyl (C=O) groups excluding carboxylic acids is 1. The Labute approximate surface area is 178 Å². The molecule has 0 aliphatic carbocycles. The fraction of sp³-hybridized carbons (Fsp3) is 0.0435. The molecule has 144 valence electrons. The summed E-state index contributed by atoms with van der Waals surface area (Å²) in [5.41, 5.74) is 2.24. The minimum absolute atomic E-state index is 0.280. The fourth-order valence-corrected chi connectivity index (χ4v) is 2.92. The zero-order valence-corrected chi connectivity index (χ0v) is 16.9. The molecule has 4 nitrogen and oxygen atoms in total. The van der Waals surface area contributed by atoms with Gasteiger partial charge in [-0.3, -0.25) is 0 Å². The van der Waals surface area contributed by atoms with Gasteiger partial charge in [0, 0.05) is 5.56 Å². The number of allylic oxidation sites excluding steroid dienone is 1. The van der Waals surface area contributed by atoms with Gasteiger partial charge in [-0.05, 0) is 54.1 Å². The van der Waals surface area contributed by atoms with Gasteiger partial charge in [-0.1, -0.05) is 47.5 Å². The van der Waals surface area contributed by atoms with Crippen LogP contribution in [0.15, 0.2) is 66.7 Å². The zero-order valence-electron chi connectivity index (χ0n) is 15.4. The first-order chi connectivity index (χ1) is 14.0. The highest BCUT2D eigenvalue weighted by Crippen LogP contribution is 2.28. The van der Waals surface area contributed by atoms with Gasteiger partial charge in [0.2, 0.25) is 0 Å². The van der Waals surface area contributed by atoms with E-state index in [0.717, 1.165) is 5.56 Å². The van der Waals surface area contributed by atoms with Crippen molar-refractivity contribution in [3.05, 3.63) is 93.5 Å². The van der Waals surface area contributed by atoms with Crippen molar-refractivity contribution in [2.45, 2.75) is 0 Å². The Morgan fingerprint density at radius 1 is 1.00 bits per heavy atom. The van der Waals surface area contributed by atoms with E-state index in [9.17, 15) is 10.1 Å². The largest absolute Gasteiger partial charge is 0.496 e. The minimum atomic E-state index is -0.543. The SMILES string of the molecule is COc1ccccc1/C(C#N)=C\c1ccc(OC(=O)c2ccc(Cl)c(Cl)c2)cc1. The summed E-state index contributed by atoms with van der Waals surface area (Å²) in [5, 5.41) is 10.2. The maximum Gasteiger partial charge on any atom is 0.343 e. The van der Waals surface area contributed by atoms with Gasteiger partial charge in [0.1, 0.15) is 11.5 Å². The maximum atomic E-state index is 12.2. The topological polar surface area (TPSA) is 59.3 Å². The van der Waals surface area contributed by atoms with E-state index in [1.165, 1.54) is 12.1 Å². The molecule has 0 unspecified atom stereocenters. The van der Waals surface area contributed by atoms with E-state index in [2.05, 4.69) is 6.07 Å². The molecule has 0 heterocycles. The van der Waals surface area contributed by atoms with Crippen LogP contribution in [0.1, 0.15) is 21.5 Å². The number of methoxy groups -OCH3 is 1. The first kappa shape index (κ1) is 20.5. The number of halogens is 2. The molecule has 0 aliphatic heterocycles. The summed E-state index contributed by atoms with van der Waals surface area (Å²) in [6.07, 6.45) is 1.74. The van der Waals surface area contributed by atoms with Crippen LogP contribution in [0.3, 0.4) is 0 Å². The first-order valence-corrected chi connectivity index (χ1v) is 9.30. The summed E-state index contributed by atoms with van der Waals surface area (Å²) in [7, 11) is 1.56. The predicted octanol–water partition coefficient (Wildman–Crippen LogP) is 6.29. The quantitative estimate of drug-likeness (QED) is 0.209. The van der Waals surface area contributed by atoms with E-state index >= 15 is 0 Å². The number of benzene rings is 3. The van der Waals surface area contributed by atoms with E-state index < -0.39 is 5.97 Å². The third-order valence-electron chi connectivity index (χ3n) is 4.07. The van der Waals surface area contributed by atoms with Gasteiger partial charge in [-0.15, -0.1) is 0 Å². The molecule has 0 fully saturated rings. The molecule has 0 saturated heterocycles. The van der Waals surface area contributed by atoms with Crippen LogP contribution in [-0.2, 0) is 0 Å². The van der Waals surface area contributed by atoms with Gasteiger partial charge in [0.15, 0.2) is 0 Å². The van der Waals surface area contributed by atoms with Crippen molar-refractivity contribution in [3.8, 4) is 17.6 Å². The monoisotopic (exact) mass is 423 g/mol. The molecule has 0 aromatic heterocycles. The van der Waals surface area contributed by atoms with Crippen molar-refractivity contribution in [2.75, 3.05) is 7.11 Å². The zero-order chi connectivity index (χ0) is 20.8. The second-order valence-corrected chi connectivity index (χ2v) is 6.77. The van der Waals surface area contributed by atoms with Crippen molar-refractivity contribution >= 4 is 40.8 Å². The molecule has 29 heavy (non-hydrogen) atoms. The van der Waals surface area contributed by atoms with Crippen LogP contribution in [0.25, 0.3) is 11.6 Å². The van der Waals surface area contributed by atoms with Gasteiger partial charge in [-0.25, -0.2) is 4.79 Å². The van der Waals surface area contributed by atoms with E-state index in [4.69, 9.17) is 32.7 Å². The molecule has 6 heteroatoms. The van der Waals surface area contributed by atoms with Crippen LogP contribution >= 0.6 is 23.2 Å². The lowest BCUT2D eigenvalue weighted by Crippen LogP contribution is -2.08. The molecule has 0 spiro atoms. The average molecular weight is 424 g/mol. The number of esters is 1. The van der Waals surface area contributed by atoms with Crippen molar-refractivity contribution in [1.29, 1.82) is 5.26 Å². The molecule has 0 N–H and O–H groups in total. The fourth-order valence-electron chi connectivity index (χ4n) is 2.63. The lowest BCUT2D eigenvalue weighted by atomic mass is 10.0. The smallest absolute Gasteiger partial charge is 0.343 e. The maximum absolute atomic E-state index is 12.2. The summed E-state index contributed by atoms with van der Waals surface area (Å²) in [6, 6.07) is 20.8. The Balaban J connectivity index is 1.79. The summed E-state index contributed by atoms with van der Waals surface area (Å²) >= 11 is 11.8. The van der Waals surface area contributed by atoms with Crippen molar-refractivity contribution in [3.63, 3.8) is 0 Å². The Kier molecular flexibility index (Phi) is 6.56. The number of ether oxygens (including phenoxy) is 2. The molecular weight excluding hydrogens is 409 g/mol. The third kappa shape index (κ3) is 4.97. The first-order valence-electron chi connectivity index (χ1n) is 8.54. The number of hydrogen-bond donors (Lipinski definition) is 0. The summed E-state index contributed by atoms with van der Waals surface area (Å²) in [6.45, 7) is 0. The van der Waals surface area contributed by atoms with Crippen LogP contribution in [0.5, 0.6) is 11.5 Å². The van der Waals surface area contributed by atoms with Crippen LogP contribution in [-0.4, -0.2) is 13.1 Å². The number of para-hydroxylation sites is 1. The van der Waals surface area contributed by atoms with E-state index in [-0.39, 0.29) is 5.02 Å².